The summed E-state index contributed by atoms with van der Waals surface area (Å²) >= 11 is 0. The Morgan fingerprint density at radius 2 is 1.81 bits per heavy atom. The summed E-state index contributed by atoms with van der Waals surface area (Å²) in [4.78, 5) is 27.3. The zero-order valence-corrected chi connectivity index (χ0v) is 15.2. The number of hydrogen-bond acceptors (Lipinski definition) is 5. The summed E-state index contributed by atoms with van der Waals surface area (Å²) in [5.41, 5.74) is 0.784. The zero-order chi connectivity index (χ0) is 19.2. The van der Waals surface area contributed by atoms with Crippen LogP contribution in [0.3, 0.4) is 0 Å². The van der Waals surface area contributed by atoms with Crippen LogP contribution in [-0.4, -0.2) is 35.0 Å². The van der Waals surface area contributed by atoms with Crippen molar-refractivity contribution in [3.63, 3.8) is 0 Å². The van der Waals surface area contributed by atoms with Gasteiger partial charge in [0.25, 0.3) is 5.91 Å². The SMILES string of the molecule is CCN(CC)C(=O)[C@@H](NC(=O)c1cc(-c2ccco2)on1)c1ccccc1. The van der Waals surface area contributed by atoms with Gasteiger partial charge in [-0.15, -0.1) is 0 Å². The maximum Gasteiger partial charge on any atom is 0.274 e. The van der Waals surface area contributed by atoms with Crippen LogP contribution in [0, 0.1) is 0 Å². The van der Waals surface area contributed by atoms with Gasteiger partial charge in [-0.1, -0.05) is 35.5 Å². The van der Waals surface area contributed by atoms with Crippen molar-refractivity contribution < 1.29 is 18.5 Å². The Labute approximate surface area is 156 Å². The topological polar surface area (TPSA) is 88.6 Å². The highest BCUT2D eigenvalue weighted by Crippen LogP contribution is 2.22. The predicted octanol–water partition coefficient (Wildman–Crippen LogP) is 3.27. The van der Waals surface area contributed by atoms with Crippen molar-refractivity contribution in [2.24, 2.45) is 0 Å². The number of benzene rings is 1. The van der Waals surface area contributed by atoms with Gasteiger partial charge in [0, 0.05) is 19.2 Å². The van der Waals surface area contributed by atoms with E-state index in [2.05, 4.69) is 10.5 Å². The largest absolute Gasteiger partial charge is 0.461 e. The molecule has 0 fully saturated rings. The van der Waals surface area contributed by atoms with Crippen molar-refractivity contribution in [3.05, 3.63) is 66.1 Å². The highest BCUT2D eigenvalue weighted by atomic mass is 16.5. The molecule has 2 amide bonds. The van der Waals surface area contributed by atoms with Crippen LogP contribution < -0.4 is 5.32 Å². The molecule has 2 heterocycles. The van der Waals surface area contributed by atoms with E-state index in [4.69, 9.17) is 8.94 Å². The fourth-order valence-corrected chi connectivity index (χ4v) is 2.77. The molecule has 7 nitrogen and oxygen atoms in total. The van der Waals surface area contributed by atoms with E-state index >= 15 is 0 Å². The Balaban J connectivity index is 1.83. The van der Waals surface area contributed by atoms with Crippen molar-refractivity contribution in [2.75, 3.05) is 13.1 Å². The third-order valence-corrected chi connectivity index (χ3v) is 4.24. The van der Waals surface area contributed by atoms with Crippen molar-refractivity contribution in [2.45, 2.75) is 19.9 Å². The molecule has 0 saturated heterocycles. The summed E-state index contributed by atoms with van der Waals surface area (Å²) in [5.74, 6) is 0.150. The number of amides is 2. The second-order valence-corrected chi connectivity index (χ2v) is 5.88. The van der Waals surface area contributed by atoms with Crippen LogP contribution >= 0.6 is 0 Å². The first-order valence-electron chi connectivity index (χ1n) is 8.79. The van der Waals surface area contributed by atoms with E-state index < -0.39 is 11.9 Å². The first-order valence-corrected chi connectivity index (χ1v) is 8.79. The van der Waals surface area contributed by atoms with Crippen LogP contribution in [0.2, 0.25) is 0 Å². The maximum atomic E-state index is 12.9. The number of rotatable bonds is 7. The summed E-state index contributed by atoms with van der Waals surface area (Å²) in [5, 5.41) is 6.57. The molecule has 140 valence electrons. The van der Waals surface area contributed by atoms with E-state index in [-0.39, 0.29) is 11.6 Å². The molecule has 3 aromatic rings. The van der Waals surface area contributed by atoms with Gasteiger partial charge in [0.1, 0.15) is 6.04 Å². The molecule has 7 heteroatoms. The first kappa shape index (κ1) is 18.4. The Morgan fingerprint density at radius 3 is 2.44 bits per heavy atom. The molecule has 0 aliphatic carbocycles. The Bertz CT molecular complexity index is 883. The minimum absolute atomic E-state index is 0.0784. The summed E-state index contributed by atoms with van der Waals surface area (Å²) in [6, 6.07) is 13.2. The van der Waals surface area contributed by atoms with Crippen LogP contribution in [0.1, 0.15) is 35.9 Å². The van der Waals surface area contributed by atoms with E-state index in [0.29, 0.717) is 30.2 Å². The molecule has 2 aromatic heterocycles. The third-order valence-electron chi connectivity index (χ3n) is 4.24. The molecule has 0 bridgehead atoms. The fourth-order valence-electron chi connectivity index (χ4n) is 2.77. The molecule has 27 heavy (non-hydrogen) atoms. The molecule has 1 N–H and O–H groups in total. The second-order valence-electron chi connectivity index (χ2n) is 5.88. The Morgan fingerprint density at radius 1 is 1.07 bits per heavy atom. The van der Waals surface area contributed by atoms with E-state index in [1.807, 2.05) is 44.2 Å². The Kier molecular flexibility index (Phi) is 5.71. The smallest absolute Gasteiger partial charge is 0.274 e. The van der Waals surface area contributed by atoms with Gasteiger partial charge in [-0.2, -0.15) is 0 Å². The highest BCUT2D eigenvalue weighted by molar-refractivity contribution is 5.97. The molecule has 0 radical (unpaired) electrons. The molecule has 1 atom stereocenters. The van der Waals surface area contributed by atoms with Crippen molar-refractivity contribution in [1.82, 2.24) is 15.4 Å². The number of nitrogens with one attached hydrogen (secondary N) is 1. The van der Waals surface area contributed by atoms with Crippen LogP contribution in [0.4, 0.5) is 0 Å². The van der Waals surface area contributed by atoms with Crippen LogP contribution in [0.25, 0.3) is 11.5 Å². The number of furan rings is 1. The molecule has 0 unspecified atom stereocenters. The van der Waals surface area contributed by atoms with E-state index in [9.17, 15) is 9.59 Å². The maximum absolute atomic E-state index is 12.9. The van der Waals surface area contributed by atoms with Gasteiger partial charge in [0.15, 0.2) is 11.5 Å². The number of carbonyl (C=O) groups excluding carboxylic acids is 2. The van der Waals surface area contributed by atoms with Gasteiger partial charge >= 0.3 is 0 Å². The van der Waals surface area contributed by atoms with E-state index in [1.54, 1.807) is 17.0 Å². The second kappa shape index (κ2) is 8.35. The number of hydrogen-bond donors (Lipinski definition) is 1. The van der Waals surface area contributed by atoms with Gasteiger partial charge < -0.3 is 19.2 Å². The lowest BCUT2D eigenvalue weighted by molar-refractivity contribution is -0.133. The summed E-state index contributed by atoms with van der Waals surface area (Å²) in [7, 11) is 0. The minimum atomic E-state index is -0.803. The van der Waals surface area contributed by atoms with Gasteiger partial charge in [-0.25, -0.2) is 0 Å². The molecule has 3 rings (SSSR count). The monoisotopic (exact) mass is 367 g/mol. The minimum Gasteiger partial charge on any atom is -0.461 e. The molecule has 0 spiro atoms. The average Bonchev–Trinajstić information content (AvgIpc) is 3.39. The van der Waals surface area contributed by atoms with Crippen molar-refractivity contribution in [3.8, 4) is 11.5 Å². The summed E-state index contributed by atoms with van der Waals surface area (Å²) in [6.07, 6.45) is 1.51. The fraction of sp³-hybridized carbons (Fsp3) is 0.250. The van der Waals surface area contributed by atoms with Crippen LogP contribution in [0.15, 0.2) is 63.7 Å². The normalized spacial score (nSPS) is 11.8. The quantitative estimate of drug-likeness (QED) is 0.692. The Hall–Kier alpha value is -3.35. The standard InChI is InChI=1S/C20H21N3O4/c1-3-23(4-2)20(25)18(14-9-6-5-7-10-14)21-19(24)15-13-17(27-22-15)16-11-8-12-26-16/h5-13,18H,3-4H2,1-2H3,(H,21,24)/t18-/m0/s1. The lowest BCUT2D eigenvalue weighted by Gasteiger charge is -2.26. The van der Waals surface area contributed by atoms with Crippen LogP contribution in [0.5, 0.6) is 0 Å². The molecule has 0 saturated carbocycles. The van der Waals surface area contributed by atoms with Crippen LogP contribution in [-0.2, 0) is 4.79 Å². The molecular formula is C20H21N3O4. The van der Waals surface area contributed by atoms with Crippen molar-refractivity contribution in [1.29, 1.82) is 0 Å². The average molecular weight is 367 g/mol. The van der Waals surface area contributed by atoms with Gasteiger partial charge in [0.2, 0.25) is 11.7 Å². The third kappa shape index (κ3) is 4.08. The molecule has 0 aliphatic heterocycles. The lowest BCUT2D eigenvalue weighted by atomic mass is 10.1. The number of aromatic nitrogens is 1. The molecular weight excluding hydrogens is 346 g/mol. The van der Waals surface area contributed by atoms with Gasteiger partial charge in [-0.05, 0) is 31.5 Å². The molecule has 0 aliphatic rings. The predicted molar refractivity (Wildman–Crippen MR) is 98.8 cm³/mol. The molecule has 1 aromatic carbocycles. The summed E-state index contributed by atoms with van der Waals surface area (Å²) < 4.78 is 10.4. The first-order chi connectivity index (χ1) is 13.1. The lowest BCUT2D eigenvalue weighted by Crippen LogP contribution is -2.43. The number of carbonyl (C=O) groups is 2. The number of likely N-dealkylation sites (N-methyl/N-ethyl adjacent to an activating group) is 1. The highest BCUT2D eigenvalue weighted by Gasteiger charge is 2.27. The zero-order valence-electron chi connectivity index (χ0n) is 15.2. The number of nitrogens with zero attached hydrogens (tertiary/aromatic N) is 2. The van der Waals surface area contributed by atoms with E-state index in [0.717, 1.165) is 0 Å². The van der Waals surface area contributed by atoms with Gasteiger partial charge in [-0.3, -0.25) is 9.59 Å². The summed E-state index contributed by atoms with van der Waals surface area (Å²) in [6.45, 7) is 4.92. The van der Waals surface area contributed by atoms with Crippen molar-refractivity contribution >= 4 is 11.8 Å². The van der Waals surface area contributed by atoms with Gasteiger partial charge in [0.05, 0.1) is 6.26 Å². The van der Waals surface area contributed by atoms with E-state index in [1.165, 1.54) is 12.3 Å².